The molecule has 0 spiro atoms. The molecule has 2 rings (SSSR count). The molecular formula is C13H20N2O2. The van der Waals surface area contributed by atoms with E-state index in [-0.39, 0.29) is 24.7 Å². The summed E-state index contributed by atoms with van der Waals surface area (Å²) in [6.07, 6.45) is 7.18. The first-order valence-electron chi connectivity index (χ1n) is 6.20. The summed E-state index contributed by atoms with van der Waals surface area (Å²) in [5.74, 6) is -0.194. The number of hydrogen-bond donors (Lipinski definition) is 1. The van der Waals surface area contributed by atoms with Crippen molar-refractivity contribution in [3.8, 4) is 0 Å². The third-order valence-electron chi connectivity index (χ3n) is 3.04. The Labute approximate surface area is 102 Å². The van der Waals surface area contributed by atoms with Crippen LogP contribution in [0.4, 0.5) is 0 Å². The number of carbonyl (C=O) groups excluding carboxylic acids is 1. The second-order valence-corrected chi connectivity index (χ2v) is 4.95. The van der Waals surface area contributed by atoms with Gasteiger partial charge in [0, 0.05) is 18.4 Å². The summed E-state index contributed by atoms with van der Waals surface area (Å²) in [7, 11) is 0. The van der Waals surface area contributed by atoms with Crippen molar-refractivity contribution in [3.63, 3.8) is 0 Å². The van der Waals surface area contributed by atoms with Crippen molar-refractivity contribution in [3.05, 3.63) is 23.5 Å². The molecule has 0 aliphatic heterocycles. The van der Waals surface area contributed by atoms with Crippen molar-refractivity contribution in [1.29, 1.82) is 0 Å². The van der Waals surface area contributed by atoms with E-state index in [0.29, 0.717) is 0 Å². The minimum absolute atomic E-state index is 0.0602. The number of ether oxygens (including phenoxy) is 1. The molecule has 94 valence electrons. The molecule has 17 heavy (non-hydrogen) atoms. The predicted molar refractivity (Wildman–Crippen MR) is 65.5 cm³/mol. The van der Waals surface area contributed by atoms with Gasteiger partial charge in [-0.25, -0.2) is 0 Å². The number of rotatable bonds is 3. The maximum Gasteiger partial charge on any atom is 0.326 e. The predicted octanol–water partition coefficient (Wildman–Crippen LogP) is 1.78. The van der Waals surface area contributed by atoms with Crippen LogP contribution >= 0.6 is 0 Å². The Kier molecular flexibility index (Phi) is 3.52. The Morgan fingerprint density at radius 2 is 2.35 bits per heavy atom. The number of carbonyl (C=O) groups is 1. The van der Waals surface area contributed by atoms with E-state index in [0.717, 1.165) is 19.3 Å². The summed E-state index contributed by atoms with van der Waals surface area (Å²) in [6, 6.07) is 0.126. The van der Waals surface area contributed by atoms with Gasteiger partial charge >= 0.3 is 5.97 Å². The highest BCUT2D eigenvalue weighted by molar-refractivity contribution is 5.69. The molecule has 0 radical (unpaired) electrons. The molecule has 1 heterocycles. The number of nitrogens with zero attached hydrogens (tertiary/aromatic N) is 1. The van der Waals surface area contributed by atoms with Gasteiger partial charge in [-0.05, 0) is 44.2 Å². The molecule has 1 aliphatic rings. The van der Waals surface area contributed by atoms with Crippen LogP contribution in [0.2, 0.25) is 0 Å². The Morgan fingerprint density at radius 1 is 1.59 bits per heavy atom. The van der Waals surface area contributed by atoms with E-state index in [4.69, 9.17) is 10.5 Å². The fraction of sp³-hybridized carbons (Fsp3) is 0.615. The van der Waals surface area contributed by atoms with Crippen LogP contribution in [0.1, 0.15) is 43.9 Å². The average Bonchev–Trinajstić information content (AvgIpc) is 2.60. The van der Waals surface area contributed by atoms with Crippen LogP contribution < -0.4 is 5.73 Å². The minimum Gasteiger partial charge on any atom is -0.462 e. The molecular weight excluding hydrogens is 216 g/mol. The van der Waals surface area contributed by atoms with Gasteiger partial charge in [0.1, 0.15) is 6.54 Å². The molecule has 1 atom stereocenters. The zero-order chi connectivity index (χ0) is 12.4. The zero-order valence-electron chi connectivity index (χ0n) is 10.5. The Balaban J connectivity index is 2.05. The van der Waals surface area contributed by atoms with E-state index in [1.165, 1.54) is 11.1 Å². The first-order valence-corrected chi connectivity index (χ1v) is 6.20. The first-order chi connectivity index (χ1) is 8.06. The van der Waals surface area contributed by atoms with E-state index in [1.807, 2.05) is 30.8 Å². The quantitative estimate of drug-likeness (QED) is 0.814. The average molecular weight is 236 g/mol. The van der Waals surface area contributed by atoms with E-state index < -0.39 is 0 Å². The van der Waals surface area contributed by atoms with Gasteiger partial charge in [-0.3, -0.25) is 4.79 Å². The van der Waals surface area contributed by atoms with E-state index in [1.54, 1.807) is 0 Å². The van der Waals surface area contributed by atoms with E-state index in [9.17, 15) is 4.79 Å². The van der Waals surface area contributed by atoms with Crippen molar-refractivity contribution in [2.75, 3.05) is 0 Å². The third kappa shape index (κ3) is 2.88. The molecule has 0 saturated carbocycles. The van der Waals surface area contributed by atoms with Crippen molar-refractivity contribution in [1.82, 2.24) is 4.57 Å². The number of aromatic nitrogens is 1. The maximum atomic E-state index is 11.5. The van der Waals surface area contributed by atoms with Crippen LogP contribution in [0.25, 0.3) is 0 Å². The van der Waals surface area contributed by atoms with Crippen LogP contribution in [-0.2, 0) is 22.5 Å². The number of nitrogens with two attached hydrogens (primary N) is 1. The summed E-state index contributed by atoms with van der Waals surface area (Å²) < 4.78 is 7.01. The van der Waals surface area contributed by atoms with Gasteiger partial charge < -0.3 is 15.0 Å². The molecule has 0 amide bonds. The highest BCUT2D eigenvalue weighted by Crippen LogP contribution is 2.28. The van der Waals surface area contributed by atoms with Crippen molar-refractivity contribution < 1.29 is 9.53 Å². The van der Waals surface area contributed by atoms with Gasteiger partial charge in [0.05, 0.1) is 6.10 Å². The maximum absolute atomic E-state index is 11.5. The lowest BCUT2D eigenvalue weighted by Crippen LogP contribution is -2.17. The summed E-state index contributed by atoms with van der Waals surface area (Å²) >= 11 is 0. The Hall–Kier alpha value is -1.29. The van der Waals surface area contributed by atoms with E-state index in [2.05, 4.69) is 0 Å². The fourth-order valence-electron chi connectivity index (χ4n) is 2.32. The van der Waals surface area contributed by atoms with Crippen molar-refractivity contribution >= 4 is 5.97 Å². The largest absolute Gasteiger partial charge is 0.462 e. The molecule has 0 fully saturated rings. The van der Waals surface area contributed by atoms with Gasteiger partial charge in [0.15, 0.2) is 0 Å². The first kappa shape index (κ1) is 12.2. The smallest absolute Gasteiger partial charge is 0.326 e. The van der Waals surface area contributed by atoms with E-state index >= 15 is 0 Å². The van der Waals surface area contributed by atoms with Crippen LogP contribution in [0.15, 0.2) is 12.4 Å². The van der Waals surface area contributed by atoms with Crippen LogP contribution in [0, 0.1) is 0 Å². The minimum atomic E-state index is -0.194. The Morgan fingerprint density at radius 3 is 3.00 bits per heavy atom. The second-order valence-electron chi connectivity index (χ2n) is 4.95. The van der Waals surface area contributed by atoms with Gasteiger partial charge in [0.25, 0.3) is 0 Å². The highest BCUT2D eigenvalue weighted by atomic mass is 16.5. The number of esters is 1. The number of hydrogen-bond acceptors (Lipinski definition) is 3. The SMILES string of the molecule is CC(C)OC(=O)Cn1cc2c(c1)C(N)CCC2. The van der Waals surface area contributed by atoms with Crippen molar-refractivity contribution in [2.24, 2.45) is 5.73 Å². The van der Waals surface area contributed by atoms with Crippen molar-refractivity contribution in [2.45, 2.75) is 51.8 Å². The monoisotopic (exact) mass is 236 g/mol. The van der Waals surface area contributed by atoms with Gasteiger partial charge in [-0.15, -0.1) is 0 Å². The lowest BCUT2D eigenvalue weighted by atomic mass is 9.92. The zero-order valence-corrected chi connectivity index (χ0v) is 10.5. The Bertz CT molecular complexity index is 410. The molecule has 1 aromatic heterocycles. The molecule has 0 bridgehead atoms. The molecule has 0 saturated heterocycles. The molecule has 0 aromatic carbocycles. The number of aryl methyl sites for hydroxylation is 1. The summed E-state index contributed by atoms with van der Waals surface area (Å²) in [4.78, 5) is 11.5. The normalized spacial score (nSPS) is 19.2. The molecule has 4 heteroatoms. The highest BCUT2D eigenvalue weighted by Gasteiger charge is 2.19. The van der Waals surface area contributed by atoms with Gasteiger partial charge in [0.2, 0.25) is 0 Å². The molecule has 2 N–H and O–H groups in total. The van der Waals surface area contributed by atoms with Crippen LogP contribution in [0.3, 0.4) is 0 Å². The van der Waals surface area contributed by atoms with Gasteiger partial charge in [-0.1, -0.05) is 0 Å². The summed E-state index contributed by atoms with van der Waals surface area (Å²) in [6.45, 7) is 3.99. The molecule has 1 unspecified atom stereocenters. The lowest BCUT2D eigenvalue weighted by molar-refractivity contribution is -0.148. The number of fused-ring (bicyclic) bond motifs is 1. The van der Waals surface area contributed by atoms with Crippen LogP contribution in [-0.4, -0.2) is 16.6 Å². The molecule has 1 aliphatic carbocycles. The topological polar surface area (TPSA) is 57.2 Å². The van der Waals surface area contributed by atoms with Gasteiger partial charge in [-0.2, -0.15) is 0 Å². The molecule has 4 nitrogen and oxygen atoms in total. The van der Waals surface area contributed by atoms with Crippen LogP contribution in [0.5, 0.6) is 0 Å². The third-order valence-corrected chi connectivity index (χ3v) is 3.04. The standard InChI is InChI=1S/C13H20N2O2/c1-9(2)17-13(16)8-15-6-10-4-3-5-12(14)11(10)7-15/h6-7,9,12H,3-5,8,14H2,1-2H3. The summed E-state index contributed by atoms with van der Waals surface area (Å²) in [5, 5.41) is 0. The lowest BCUT2D eigenvalue weighted by Gasteiger charge is -2.17. The fourth-order valence-corrected chi connectivity index (χ4v) is 2.32. The second kappa shape index (κ2) is 4.92. The summed E-state index contributed by atoms with van der Waals surface area (Å²) in [5.41, 5.74) is 8.51. The molecule has 1 aromatic rings.